The molecule has 1 aliphatic heterocycles. The summed E-state index contributed by atoms with van der Waals surface area (Å²) in [6.07, 6.45) is 3.46. The molecular weight excluding hydrogens is 252 g/mol. The molecule has 0 bridgehead atoms. The van der Waals surface area contributed by atoms with Crippen LogP contribution < -0.4 is 9.78 Å². The average molecular weight is 266 g/mol. The molecule has 1 aromatic carbocycles. The lowest BCUT2D eigenvalue weighted by atomic mass is 9.97. The van der Waals surface area contributed by atoms with Crippen LogP contribution >= 0.6 is 0 Å². The van der Waals surface area contributed by atoms with Gasteiger partial charge in [0.1, 0.15) is 5.54 Å². The normalized spacial score (nSPS) is 16.2. The van der Waals surface area contributed by atoms with Crippen molar-refractivity contribution < 1.29 is 9.78 Å². The second kappa shape index (κ2) is 4.52. The van der Waals surface area contributed by atoms with E-state index in [0.717, 1.165) is 11.3 Å². The maximum Gasteiger partial charge on any atom is 0.230 e. The van der Waals surface area contributed by atoms with E-state index in [4.69, 9.17) is 0 Å². The zero-order valence-corrected chi connectivity index (χ0v) is 11.3. The zero-order chi connectivity index (χ0) is 14.2. The first-order valence-corrected chi connectivity index (χ1v) is 6.36. The molecule has 0 N–H and O–H groups in total. The Balaban J connectivity index is 1.96. The molecule has 0 fully saturated rings. The van der Waals surface area contributed by atoms with Gasteiger partial charge in [-0.2, -0.15) is 5.11 Å². The topological polar surface area (TPSA) is 64.0 Å². The van der Waals surface area contributed by atoms with Crippen molar-refractivity contribution in [2.24, 2.45) is 15.3 Å². The van der Waals surface area contributed by atoms with Crippen LogP contribution in [0.2, 0.25) is 0 Å². The number of pyridine rings is 1. The smallest absolute Gasteiger partial charge is 0.230 e. The van der Waals surface area contributed by atoms with Crippen LogP contribution in [0.15, 0.2) is 64.1 Å². The molecule has 5 nitrogen and oxygen atoms in total. The maximum atomic E-state index is 12.0. The minimum absolute atomic E-state index is 0.287. The Hall–Kier alpha value is -2.56. The van der Waals surface area contributed by atoms with Gasteiger partial charge in [0.2, 0.25) is 12.4 Å². The lowest BCUT2D eigenvalue weighted by Gasteiger charge is -2.12. The highest BCUT2D eigenvalue weighted by atomic mass is 16.3. The van der Waals surface area contributed by atoms with Crippen LogP contribution in [-0.2, 0) is 5.54 Å². The monoisotopic (exact) mass is 266 g/mol. The lowest BCUT2D eigenvalue weighted by Crippen LogP contribution is -2.33. The van der Waals surface area contributed by atoms with Crippen LogP contribution in [0.3, 0.4) is 0 Å². The Morgan fingerprint density at radius 3 is 2.70 bits per heavy atom. The number of aromatic nitrogens is 1. The van der Waals surface area contributed by atoms with E-state index in [0.29, 0.717) is 5.56 Å². The van der Waals surface area contributed by atoms with Crippen molar-refractivity contribution >= 4 is 11.6 Å². The van der Waals surface area contributed by atoms with Crippen LogP contribution in [0.5, 0.6) is 0 Å². The third-order valence-electron chi connectivity index (χ3n) is 3.22. The predicted molar refractivity (Wildman–Crippen MR) is 72.6 cm³/mol. The zero-order valence-electron chi connectivity index (χ0n) is 11.3. The number of nitrogens with zero attached hydrogens (tertiary/aromatic N) is 4. The molecule has 0 aliphatic carbocycles. The van der Waals surface area contributed by atoms with Crippen molar-refractivity contribution in [3.8, 4) is 0 Å². The molecule has 0 radical (unpaired) electrons. The van der Waals surface area contributed by atoms with Crippen molar-refractivity contribution in [1.82, 2.24) is 0 Å². The van der Waals surface area contributed by atoms with E-state index in [1.165, 1.54) is 4.68 Å². The average Bonchev–Trinajstić information content (AvgIpc) is 2.75. The van der Waals surface area contributed by atoms with E-state index in [2.05, 4.69) is 15.3 Å². The number of azo groups is 1. The molecule has 2 aromatic rings. The fraction of sp³-hybridized carbons (Fsp3) is 0.200. The predicted octanol–water partition coefficient (Wildman–Crippen LogP) is 1.88. The number of hydrogen-bond donors (Lipinski definition) is 0. The highest BCUT2D eigenvalue weighted by Crippen LogP contribution is 2.38. The summed E-state index contributed by atoms with van der Waals surface area (Å²) in [5.74, 6) is -0.287. The van der Waals surface area contributed by atoms with Gasteiger partial charge in [0.05, 0.1) is 5.90 Å². The van der Waals surface area contributed by atoms with Crippen molar-refractivity contribution in [1.29, 1.82) is 0 Å². The van der Waals surface area contributed by atoms with E-state index in [1.54, 1.807) is 24.5 Å². The number of benzene rings is 1. The first-order valence-electron chi connectivity index (χ1n) is 6.36. The van der Waals surface area contributed by atoms with Crippen molar-refractivity contribution in [3.05, 3.63) is 59.9 Å². The van der Waals surface area contributed by atoms with Gasteiger partial charge in [0.25, 0.3) is 0 Å². The summed E-state index contributed by atoms with van der Waals surface area (Å²) >= 11 is 0. The molecule has 1 aliphatic rings. The lowest BCUT2D eigenvalue weighted by molar-refractivity contribution is -0.680. The molecule has 5 heteroatoms. The Kier molecular flexibility index (Phi) is 2.82. The fourth-order valence-corrected chi connectivity index (χ4v) is 2.11. The van der Waals surface area contributed by atoms with Crippen molar-refractivity contribution in [2.45, 2.75) is 19.4 Å². The van der Waals surface area contributed by atoms with Gasteiger partial charge in [-0.05, 0) is 24.5 Å². The van der Waals surface area contributed by atoms with Crippen LogP contribution in [0.25, 0.3) is 0 Å². The third kappa shape index (κ3) is 2.18. The van der Waals surface area contributed by atoms with Crippen molar-refractivity contribution in [2.75, 3.05) is 0 Å². The molecule has 0 atom stereocenters. The van der Waals surface area contributed by atoms with Crippen LogP contribution in [0.1, 0.15) is 25.0 Å². The molecule has 0 saturated carbocycles. The SMILES string of the molecule is CC1(C)N=Nc2c[n+](/N=C(\[O-])c3ccccc3)ccc21. The van der Waals surface area contributed by atoms with E-state index in [1.807, 2.05) is 38.1 Å². The molecule has 3 rings (SSSR count). The molecule has 20 heavy (non-hydrogen) atoms. The molecule has 1 aromatic heterocycles. The molecular formula is C15H14N4O. The first kappa shape index (κ1) is 12.5. The molecule has 0 unspecified atom stereocenters. The van der Waals surface area contributed by atoms with Gasteiger partial charge < -0.3 is 5.11 Å². The second-order valence-corrected chi connectivity index (χ2v) is 5.15. The summed E-state index contributed by atoms with van der Waals surface area (Å²) in [5, 5.41) is 24.4. The van der Waals surface area contributed by atoms with Crippen LogP contribution in [0.4, 0.5) is 5.69 Å². The highest BCUT2D eigenvalue weighted by Gasteiger charge is 2.30. The summed E-state index contributed by atoms with van der Waals surface area (Å²) in [5.41, 5.74) is 2.04. The quantitative estimate of drug-likeness (QED) is 0.465. The molecule has 0 saturated heterocycles. The third-order valence-corrected chi connectivity index (χ3v) is 3.22. The first-order chi connectivity index (χ1) is 9.56. The van der Waals surface area contributed by atoms with Gasteiger partial charge in [-0.15, -0.1) is 5.11 Å². The second-order valence-electron chi connectivity index (χ2n) is 5.15. The largest absolute Gasteiger partial charge is 0.854 e. The minimum Gasteiger partial charge on any atom is -0.854 e. The van der Waals surface area contributed by atoms with Gasteiger partial charge >= 0.3 is 0 Å². The van der Waals surface area contributed by atoms with E-state index in [-0.39, 0.29) is 11.4 Å². The van der Waals surface area contributed by atoms with Gasteiger partial charge in [0.15, 0.2) is 5.69 Å². The summed E-state index contributed by atoms with van der Waals surface area (Å²) in [7, 11) is 0. The molecule has 0 spiro atoms. The summed E-state index contributed by atoms with van der Waals surface area (Å²) in [6, 6.07) is 10.9. The highest BCUT2D eigenvalue weighted by molar-refractivity contribution is 5.89. The Morgan fingerprint density at radius 1 is 1.20 bits per heavy atom. The minimum atomic E-state index is -0.308. The standard InChI is InChI=1S/C15H14N4O/c1-15(2)12-8-9-19(10-13(12)16-18-15)17-14(20)11-6-4-3-5-7-11/h3-10H,1-2H3. The molecule has 0 amide bonds. The van der Waals surface area contributed by atoms with Crippen LogP contribution in [0, 0.1) is 0 Å². The number of hydrogen-bond acceptors (Lipinski definition) is 4. The van der Waals surface area contributed by atoms with E-state index < -0.39 is 0 Å². The Labute approximate surface area is 116 Å². The summed E-state index contributed by atoms with van der Waals surface area (Å²) < 4.78 is 1.48. The summed E-state index contributed by atoms with van der Waals surface area (Å²) in [4.78, 5) is 0. The summed E-state index contributed by atoms with van der Waals surface area (Å²) in [6.45, 7) is 4.00. The Bertz CT molecular complexity index is 705. The number of fused-ring (bicyclic) bond motifs is 1. The van der Waals surface area contributed by atoms with E-state index in [9.17, 15) is 5.11 Å². The van der Waals surface area contributed by atoms with Gasteiger partial charge in [-0.1, -0.05) is 35.0 Å². The maximum absolute atomic E-state index is 12.0. The number of rotatable bonds is 2. The van der Waals surface area contributed by atoms with Gasteiger partial charge in [0, 0.05) is 11.6 Å². The molecule has 100 valence electrons. The Morgan fingerprint density at radius 2 is 1.95 bits per heavy atom. The van der Waals surface area contributed by atoms with Gasteiger partial charge in [-0.3, -0.25) is 0 Å². The van der Waals surface area contributed by atoms with Crippen LogP contribution in [-0.4, -0.2) is 5.90 Å². The van der Waals surface area contributed by atoms with E-state index >= 15 is 0 Å². The molecule has 2 heterocycles. The van der Waals surface area contributed by atoms with Gasteiger partial charge in [-0.25, -0.2) is 0 Å². The fourth-order valence-electron chi connectivity index (χ4n) is 2.11. The van der Waals surface area contributed by atoms with Crippen molar-refractivity contribution in [3.63, 3.8) is 0 Å².